The van der Waals surface area contributed by atoms with Crippen LogP contribution in [0.1, 0.15) is 75.2 Å². The summed E-state index contributed by atoms with van der Waals surface area (Å²) < 4.78 is 27.9. The molecule has 5 aliphatic rings. The molecule has 0 spiro atoms. The van der Waals surface area contributed by atoms with E-state index in [2.05, 4.69) is 49.2 Å². The van der Waals surface area contributed by atoms with Crippen LogP contribution in [0.5, 0.6) is 0 Å². The molecular weight excluding hydrogens is 1670 g/mol. The predicted molar refractivity (Wildman–Crippen MR) is 511 cm³/mol. The van der Waals surface area contributed by atoms with Gasteiger partial charge in [-0.25, -0.2) is 38.5 Å². The fraction of sp³-hybridized carbons (Fsp3) is 0.400. The number of carbonyl (C=O) groups excluding carboxylic acids is 2. The lowest BCUT2D eigenvalue weighted by Crippen LogP contribution is -2.50. The second-order valence-electron chi connectivity index (χ2n) is 30.4. The summed E-state index contributed by atoms with van der Waals surface area (Å²) in [5.41, 5.74) is 2.01. The maximum absolute atomic E-state index is 12.5. The summed E-state index contributed by atoms with van der Waals surface area (Å²) in [5.74, 6) is 0.876. The van der Waals surface area contributed by atoms with Gasteiger partial charge in [-0.15, -0.1) is 0 Å². The number of amides is 1. The Morgan fingerprint density at radius 1 is 0.333 bits per heavy atom. The lowest BCUT2D eigenvalue weighted by atomic mass is 10.1. The molecule has 12 heterocycles. The number of fused-ring (bicyclic) bond motifs is 6. The monoisotopic (exact) mass is 1790 g/mol. The summed E-state index contributed by atoms with van der Waals surface area (Å²) in [6.07, 6.45) is 3.28. The van der Waals surface area contributed by atoms with Crippen molar-refractivity contribution >= 4 is 153 Å². The largest absolute Gasteiger partial charge is 0.444 e. The van der Waals surface area contributed by atoms with Crippen molar-refractivity contribution in [3.63, 3.8) is 0 Å². The number of Topliss-reactive ketones (excluding diaryl/α,β-unsaturated/α-hetero) is 1. The van der Waals surface area contributed by atoms with E-state index in [0.717, 1.165) is 196 Å². The van der Waals surface area contributed by atoms with Crippen molar-refractivity contribution in [3.05, 3.63) is 256 Å². The zero-order chi connectivity index (χ0) is 81.8. The van der Waals surface area contributed by atoms with Gasteiger partial charge in [0.15, 0.2) is 5.78 Å². The number of benzene rings is 7. The molecular formula is C90H115N17O10S6. The molecule has 0 N–H and O–H groups in total. The number of piperazine rings is 4. The van der Waals surface area contributed by atoms with E-state index in [4.69, 9.17) is 9.47 Å². The average molecular weight is 1790 g/mol. The third kappa shape index (κ3) is 23.7. The van der Waals surface area contributed by atoms with Crippen LogP contribution in [0.25, 0.3) is 60.5 Å². The molecule has 27 nitrogen and oxygen atoms in total. The first-order chi connectivity index (χ1) is 57.3. The van der Waals surface area contributed by atoms with E-state index in [-0.39, 0.29) is 82.4 Å². The number of anilines is 2. The van der Waals surface area contributed by atoms with Crippen LogP contribution in [0.4, 0.5) is 16.4 Å². The summed E-state index contributed by atoms with van der Waals surface area (Å²) in [6, 6.07) is 56.2. The van der Waals surface area contributed by atoms with Crippen LogP contribution < -0.4 is 43.2 Å². The topological polar surface area (TPSA) is 240 Å². The quantitative estimate of drug-likeness (QED) is 0.0867. The molecule has 5 saturated heterocycles. The highest BCUT2D eigenvalue weighted by molar-refractivity contribution is 7.15. The highest BCUT2D eigenvalue weighted by atomic mass is 32.1. The number of hydrogen-bond acceptors (Lipinski definition) is 26. The Bertz CT molecular complexity index is 6040. The predicted octanol–water partition coefficient (Wildman–Crippen LogP) is 14.5. The van der Waals surface area contributed by atoms with E-state index in [1.54, 1.807) is 28.2 Å². The van der Waals surface area contributed by atoms with Gasteiger partial charge in [0, 0.05) is 141 Å². The van der Waals surface area contributed by atoms with E-state index in [9.17, 15) is 38.4 Å². The molecule has 33 heteroatoms. The van der Waals surface area contributed by atoms with Gasteiger partial charge >= 0.3 is 6.09 Å². The molecule has 123 heavy (non-hydrogen) atoms. The maximum Gasteiger partial charge on any atom is 0.410 e. The van der Waals surface area contributed by atoms with Gasteiger partial charge < -0.3 is 24.2 Å². The van der Waals surface area contributed by atoms with Crippen molar-refractivity contribution < 1.29 is 19.1 Å². The van der Waals surface area contributed by atoms with Gasteiger partial charge in [-0.1, -0.05) is 179 Å². The molecule has 0 atom stereocenters. The molecule has 0 radical (unpaired) electrons. The first kappa shape index (κ1) is 95.3. The van der Waals surface area contributed by atoms with Crippen molar-refractivity contribution in [1.29, 1.82) is 0 Å². The standard InChI is InChI=1S/C20H20N4O2S2.C20H21N3O2S.C17H23N3O3S.C16H17N5OS.C12H14N2O2S.5CH4/c25-19-15-5-1-3-7-17(15)27-23(19)13-21-9-11-22(12-10-21)14-24-20(26)16-6-2-4-8-18(16)28-24;1-15(24)16-6-8-17(9-7-16)22-12-10-21(11-13-22)14-23-20(25)18-4-2-3-5-19(18)26-23;1-17(2,3)23-16(22)19-10-8-18(9-11-19)12-20-15(21)13-6-4-5-7-14(13)24-20;22-15-13-4-1-2-5-14(13)23-21(15)12-19-8-10-20(11-9-19)16-17-6-3-7-18-16;15-12-10-3-1-2-4-11(10)17-14(12)9-13-5-7-16-8-6-13;;;;;/h1-8H,9-14H2;2-9H,10-14H2,1H3;4-7H,8-12H2,1-3H3;1-7H,8-12H2;1-4H,5-9H2;5*1H4. The first-order valence-corrected chi connectivity index (χ1v) is 44.2. The minimum atomic E-state index is -0.474. The van der Waals surface area contributed by atoms with Crippen LogP contribution in [0.3, 0.4) is 0 Å². The minimum absolute atomic E-state index is 0. The number of ketones is 1. The number of carbonyl (C=O) groups is 2. The summed E-state index contributed by atoms with van der Waals surface area (Å²) in [6.45, 7) is 27.8. The normalized spacial score (nSPS) is 15.7. The highest BCUT2D eigenvalue weighted by Crippen LogP contribution is 2.26. The molecule has 7 aromatic heterocycles. The lowest BCUT2D eigenvalue weighted by molar-refractivity contribution is 0.0121. The Morgan fingerprint density at radius 2 is 0.585 bits per heavy atom. The number of rotatable bonds is 15. The van der Waals surface area contributed by atoms with Crippen molar-refractivity contribution in [2.75, 3.05) is 141 Å². The molecule has 19 rings (SSSR count). The first-order valence-electron chi connectivity index (χ1n) is 39.6. The Kier molecular flexibility index (Phi) is 34.1. The van der Waals surface area contributed by atoms with Crippen LogP contribution in [0.15, 0.2) is 217 Å². The highest BCUT2D eigenvalue weighted by Gasteiger charge is 2.28. The maximum atomic E-state index is 12.5. The molecule has 7 aromatic carbocycles. The third-order valence-corrected chi connectivity index (χ3v) is 27.4. The molecule has 1 amide bonds. The third-order valence-electron chi connectivity index (χ3n) is 21.1. The van der Waals surface area contributed by atoms with Crippen molar-refractivity contribution in [1.82, 2.24) is 68.0 Å². The molecule has 0 unspecified atom stereocenters. The van der Waals surface area contributed by atoms with E-state index in [0.29, 0.717) is 53.1 Å². The Balaban J connectivity index is 0.000000161. The van der Waals surface area contributed by atoms with Crippen LogP contribution in [0, 0.1) is 0 Å². The lowest BCUT2D eigenvalue weighted by Gasteiger charge is -2.35. The Morgan fingerprint density at radius 3 is 0.854 bits per heavy atom. The van der Waals surface area contributed by atoms with Crippen LogP contribution >= 0.6 is 69.2 Å². The minimum Gasteiger partial charge on any atom is -0.444 e. The molecule has 0 saturated carbocycles. The van der Waals surface area contributed by atoms with E-state index >= 15 is 0 Å². The second kappa shape index (κ2) is 44.1. The van der Waals surface area contributed by atoms with Gasteiger partial charge in [0.2, 0.25) is 5.95 Å². The summed E-state index contributed by atoms with van der Waals surface area (Å²) in [5, 5.41) is 4.82. The van der Waals surface area contributed by atoms with E-state index in [1.165, 1.54) is 69.2 Å². The SMILES string of the molecule is C.C.C.C.C.CC(=O)c1ccc(N2CCN(Cn3sc4ccccc4c3=O)CC2)cc1.CC(C)(C)OC(=O)N1CCN(Cn2sc3ccccc3c2=O)CC1.O=c1c2ccccc2sn1CN1CCN(Cn2sc3ccccc3c2=O)CC1.O=c1c2ccccc2sn1CN1CCN(c2ncccn2)CC1.O=c1c2ccccc2sn1CN1CCOCC1. The van der Waals surface area contributed by atoms with Crippen molar-refractivity contribution in [3.8, 4) is 0 Å². The van der Waals surface area contributed by atoms with Gasteiger partial charge in [-0.3, -0.25) is 63.0 Å². The summed E-state index contributed by atoms with van der Waals surface area (Å²) >= 11 is 9.16. The summed E-state index contributed by atoms with van der Waals surface area (Å²) in [7, 11) is 0. The van der Waals surface area contributed by atoms with Crippen molar-refractivity contribution in [2.45, 2.75) is 110 Å². The van der Waals surface area contributed by atoms with Gasteiger partial charge in [0.1, 0.15) is 5.60 Å². The van der Waals surface area contributed by atoms with E-state index in [1.807, 2.05) is 216 Å². The number of morpholine rings is 1. The zero-order valence-electron chi connectivity index (χ0n) is 66.4. The van der Waals surface area contributed by atoms with Gasteiger partial charge in [0.25, 0.3) is 33.4 Å². The van der Waals surface area contributed by atoms with Crippen LogP contribution in [0.2, 0.25) is 0 Å². The van der Waals surface area contributed by atoms with Crippen LogP contribution in [-0.2, 0) is 49.5 Å². The molecule has 0 aliphatic carbocycles. The fourth-order valence-electron chi connectivity index (χ4n) is 14.6. The molecule has 5 fully saturated rings. The van der Waals surface area contributed by atoms with Gasteiger partial charge in [-0.05, 0) is 131 Å². The van der Waals surface area contributed by atoms with Crippen molar-refractivity contribution in [2.24, 2.45) is 0 Å². The smallest absolute Gasteiger partial charge is 0.410 e. The number of hydrogen-bond donors (Lipinski definition) is 0. The van der Waals surface area contributed by atoms with E-state index < -0.39 is 5.60 Å². The molecule has 656 valence electrons. The molecule has 14 aromatic rings. The van der Waals surface area contributed by atoms with Gasteiger partial charge in [-0.2, -0.15) is 0 Å². The molecule has 0 bridgehead atoms. The Hall–Kier alpha value is -9.98. The number of aromatic nitrogens is 8. The Labute approximate surface area is 742 Å². The zero-order valence-corrected chi connectivity index (χ0v) is 71.3. The summed E-state index contributed by atoms with van der Waals surface area (Å²) in [4.78, 5) is 126. The van der Waals surface area contributed by atoms with Gasteiger partial charge in [0.05, 0.1) is 114 Å². The second-order valence-corrected chi connectivity index (χ2v) is 36.8. The van der Waals surface area contributed by atoms with Crippen LogP contribution in [-0.4, -0.2) is 217 Å². The number of ether oxygens (including phenoxy) is 2. The average Bonchev–Trinajstić information content (AvgIpc) is 1.68. The number of nitrogens with zero attached hydrogens (tertiary/aromatic N) is 17. The molecule has 5 aliphatic heterocycles. The fourth-order valence-corrected chi connectivity index (χ4v) is 20.8.